The first kappa shape index (κ1) is 20.1. The van der Waals surface area contributed by atoms with Crippen LogP contribution < -0.4 is 0 Å². The molecule has 0 amide bonds. The molecule has 0 rings (SSSR count). The normalized spacial score (nSPS) is 15.8. The zero-order chi connectivity index (χ0) is 17.0. The van der Waals surface area contributed by atoms with E-state index in [0.717, 1.165) is 35.6 Å². The molecule has 3 heteroatoms. The number of hydrogen-bond donors (Lipinski definition) is 2. The molecule has 0 heterocycles. The van der Waals surface area contributed by atoms with Crippen LogP contribution in [0, 0.1) is 0 Å². The van der Waals surface area contributed by atoms with Crippen LogP contribution in [-0.4, -0.2) is 22.3 Å². The molecule has 0 bridgehead atoms. The van der Waals surface area contributed by atoms with E-state index >= 15 is 0 Å². The van der Waals surface area contributed by atoms with Crippen molar-refractivity contribution in [2.75, 3.05) is 0 Å². The second-order valence-electron chi connectivity index (χ2n) is 5.46. The fourth-order valence-electron chi connectivity index (χ4n) is 1.85. The Hall–Kier alpha value is -1.87. The van der Waals surface area contributed by atoms with Crippen LogP contribution in [0.15, 0.2) is 59.3 Å². The Kier molecular flexibility index (Phi) is 10.8. The fourth-order valence-corrected chi connectivity index (χ4v) is 1.85. The molecular formula is C19H28O3. The molecule has 0 saturated heterocycles. The van der Waals surface area contributed by atoms with Crippen LogP contribution in [-0.2, 0) is 4.79 Å². The van der Waals surface area contributed by atoms with Crippen molar-refractivity contribution in [3.05, 3.63) is 59.3 Å². The lowest BCUT2D eigenvalue weighted by Gasteiger charge is -2.05. The molecule has 0 fully saturated rings. The lowest BCUT2D eigenvalue weighted by molar-refractivity contribution is -0.131. The SMILES string of the molecule is CCC[C@H](O)C/C=C(C)/C=C/C=C(C)/C=C(C)/C=C/C(=O)O. The van der Waals surface area contributed by atoms with Crippen molar-refractivity contribution in [1.82, 2.24) is 0 Å². The van der Waals surface area contributed by atoms with Crippen molar-refractivity contribution < 1.29 is 15.0 Å². The third-order valence-electron chi connectivity index (χ3n) is 3.00. The summed E-state index contributed by atoms with van der Waals surface area (Å²) in [5.74, 6) is -0.944. The molecule has 0 aromatic carbocycles. The number of aliphatic carboxylic acids is 1. The summed E-state index contributed by atoms with van der Waals surface area (Å²) in [4.78, 5) is 10.4. The van der Waals surface area contributed by atoms with Gasteiger partial charge >= 0.3 is 5.97 Å². The maximum atomic E-state index is 10.4. The number of carboxylic acids is 1. The average Bonchev–Trinajstić information content (AvgIpc) is 2.43. The first-order valence-corrected chi connectivity index (χ1v) is 7.64. The number of rotatable bonds is 9. The predicted molar refractivity (Wildman–Crippen MR) is 92.7 cm³/mol. The molecule has 0 aliphatic rings. The minimum atomic E-state index is -0.944. The van der Waals surface area contributed by atoms with Crippen molar-refractivity contribution in [3.8, 4) is 0 Å². The molecule has 2 N–H and O–H groups in total. The van der Waals surface area contributed by atoms with Gasteiger partial charge in [-0.05, 0) is 33.6 Å². The molecule has 3 nitrogen and oxygen atoms in total. The van der Waals surface area contributed by atoms with E-state index in [1.807, 2.05) is 51.2 Å². The number of aliphatic hydroxyl groups is 1. The van der Waals surface area contributed by atoms with E-state index in [4.69, 9.17) is 5.11 Å². The van der Waals surface area contributed by atoms with Crippen LogP contribution in [0.5, 0.6) is 0 Å². The number of aliphatic hydroxyl groups excluding tert-OH is 1. The van der Waals surface area contributed by atoms with Gasteiger partial charge in [0.2, 0.25) is 0 Å². The van der Waals surface area contributed by atoms with E-state index in [0.29, 0.717) is 6.42 Å². The highest BCUT2D eigenvalue weighted by molar-refractivity contribution is 5.80. The highest BCUT2D eigenvalue weighted by Crippen LogP contribution is 2.07. The van der Waals surface area contributed by atoms with Gasteiger partial charge in [0, 0.05) is 6.08 Å². The molecule has 0 saturated carbocycles. The van der Waals surface area contributed by atoms with Crippen LogP contribution in [0.1, 0.15) is 47.0 Å². The number of allylic oxidation sites excluding steroid dienone is 8. The van der Waals surface area contributed by atoms with Gasteiger partial charge in [-0.15, -0.1) is 0 Å². The van der Waals surface area contributed by atoms with Gasteiger partial charge < -0.3 is 10.2 Å². The Morgan fingerprint density at radius 3 is 2.32 bits per heavy atom. The first-order chi connectivity index (χ1) is 10.3. The molecule has 0 aliphatic heterocycles. The van der Waals surface area contributed by atoms with Gasteiger partial charge in [-0.25, -0.2) is 4.79 Å². The average molecular weight is 304 g/mol. The number of hydrogen-bond acceptors (Lipinski definition) is 2. The topological polar surface area (TPSA) is 57.5 Å². The summed E-state index contributed by atoms with van der Waals surface area (Å²) < 4.78 is 0. The highest BCUT2D eigenvalue weighted by Gasteiger charge is 1.98. The van der Waals surface area contributed by atoms with Gasteiger partial charge in [-0.2, -0.15) is 0 Å². The second-order valence-corrected chi connectivity index (χ2v) is 5.46. The molecule has 0 radical (unpaired) electrons. The van der Waals surface area contributed by atoms with Gasteiger partial charge in [-0.3, -0.25) is 0 Å². The van der Waals surface area contributed by atoms with Crippen molar-refractivity contribution in [3.63, 3.8) is 0 Å². The summed E-state index contributed by atoms with van der Waals surface area (Å²) in [6.45, 7) is 7.90. The predicted octanol–water partition coefficient (Wildman–Crippen LogP) is 4.57. The molecule has 0 aliphatic carbocycles. The molecule has 0 aromatic rings. The van der Waals surface area contributed by atoms with E-state index in [1.54, 1.807) is 6.08 Å². The Morgan fingerprint density at radius 1 is 1.05 bits per heavy atom. The molecule has 122 valence electrons. The molecule has 22 heavy (non-hydrogen) atoms. The van der Waals surface area contributed by atoms with Crippen LogP contribution in [0.2, 0.25) is 0 Å². The molecule has 1 atom stereocenters. The quantitative estimate of drug-likeness (QED) is 0.484. The maximum absolute atomic E-state index is 10.4. The summed E-state index contributed by atoms with van der Waals surface area (Å²) >= 11 is 0. The zero-order valence-electron chi connectivity index (χ0n) is 14.0. The summed E-state index contributed by atoms with van der Waals surface area (Å²) in [6.07, 6.45) is 14.9. The standard InChI is InChI=1S/C19H28O3/c1-5-7-18(20)12-10-15(2)8-6-9-16(3)14-17(4)11-13-19(21)22/h6,8-11,13-14,18,20H,5,7,12H2,1-4H3,(H,21,22)/b8-6+,13-11+,15-10+,16-9+,17-14+/t18-/m0/s1. The van der Waals surface area contributed by atoms with Crippen LogP contribution in [0.4, 0.5) is 0 Å². The van der Waals surface area contributed by atoms with Crippen LogP contribution in [0.3, 0.4) is 0 Å². The fraction of sp³-hybridized carbons (Fsp3) is 0.421. The molecule has 0 spiro atoms. The van der Waals surface area contributed by atoms with Gasteiger partial charge in [0.05, 0.1) is 6.10 Å². The minimum absolute atomic E-state index is 0.253. The van der Waals surface area contributed by atoms with Gasteiger partial charge in [0.1, 0.15) is 0 Å². The van der Waals surface area contributed by atoms with E-state index in [2.05, 4.69) is 6.92 Å². The number of carbonyl (C=O) groups is 1. The van der Waals surface area contributed by atoms with Crippen molar-refractivity contribution >= 4 is 5.97 Å². The summed E-state index contributed by atoms with van der Waals surface area (Å²) in [5, 5.41) is 18.2. The first-order valence-electron chi connectivity index (χ1n) is 7.64. The number of carboxylic acid groups (broad SMARTS) is 1. The Balaban J connectivity index is 4.52. The highest BCUT2D eigenvalue weighted by atomic mass is 16.4. The van der Waals surface area contributed by atoms with Crippen molar-refractivity contribution in [2.45, 2.75) is 53.1 Å². The Labute approximate surface area is 134 Å². The smallest absolute Gasteiger partial charge is 0.328 e. The van der Waals surface area contributed by atoms with Gasteiger partial charge in [0.25, 0.3) is 0 Å². The van der Waals surface area contributed by atoms with Crippen LogP contribution >= 0.6 is 0 Å². The zero-order valence-corrected chi connectivity index (χ0v) is 14.0. The minimum Gasteiger partial charge on any atom is -0.478 e. The lowest BCUT2D eigenvalue weighted by Crippen LogP contribution is -2.03. The Morgan fingerprint density at radius 2 is 1.73 bits per heavy atom. The monoisotopic (exact) mass is 304 g/mol. The lowest BCUT2D eigenvalue weighted by atomic mass is 10.1. The van der Waals surface area contributed by atoms with Gasteiger partial charge in [0.15, 0.2) is 0 Å². The third-order valence-corrected chi connectivity index (χ3v) is 3.00. The molecular weight excluding hydrogens is 276 g/mol. The summed E-state index contributed by atoms with van der Waals surface area (Å²) in [7, 11) is 0. The Bertz CT molecular complexity index is 491. The summed E-state index contributed by atoms with van der Waals surface area (Å²) in [5.41, 5.74) is 3.05. The van der Waals surface area contributed by atoms with Gasteiger partial charge in [-0.1, -0.05) is 66.5 Å². The largest absolute Gasteiger partial charge is 0.478 e. The van der Waals surface area contributed by atoms with Crippen LogP contribution in [0.25, 0.3) is 0 Å². The second kappa shape index (κ2) is 11.8. The summed E-state index contributed by atoms with van der Waals surface area (Å²) in [6, 6.07) is 0. The van der Waals surface area contributed by atoms with Crippen molar-refractivity contribution in [2.24, 2.45) is 0 Å². The third kappa shape index (κ3) is 11.9. The van der Waals surface area contributed by atoms with Crippen molar-refractivity contribution in [1.29, 1.82) is 0 Å². The van der Waals surface area contributed by atoms with E-state index in [1.165, 1.54) is 0 Å². The maximum Gasteiger partial charge on any atom is 0.328 e. The van der Waals surface area contributed by atoms with E-state index < -0.39 is 5.97 Å². The van der Waals surface area contributed by atoms with E-state index in [-0.39, 0.29) is 6.10 Å². The molecule has 0 aromatic heterocycles. The van der Waals surface area contributed by atoms with E-state index in [9.17, 15) is 9.90 Å². The molecule has 0 unspecified atom stereocenters.